The Hall–Kier alpha value is -3.58. The first-order chi connectivity index (χ1) is 14.5. The Bertz CT molecular complexity index is 1300. The Labute approximate surface area is 177 Å². The number of ether oxygens (including phenoxy) is 2. The van der Waals surface area contributed by atoms with Crippen LogP contribution >= 0.6 is 11.6 Å². The number of hydrogen-bond donors (Lipinski definition) is 0. The number of fused-ring (bicyclic) bond motifs is 1. The molecule has 1 aromatic carbocycles. The molecule has 0 unspecified atom stereocenters. The molecule has 4 aromatic rings. The Balaban J connectivity index is 1.58. The van der Waals surface area contributed by atoms with E-state index in [4.69, 9.17) is 21.1 Å². The van der Waals surface area contributed by atoms with E-state index in [0.29, 0.717) is 27.8 Å². The maximum absolute atomic E-state index is 12.7. The van der Waals surface area contributed by atoms with Crippen molar-refractivity contribution in [3.63, 3.8) is 0 Å². The highest BCUT2D eigenvalue weighted by molar-refractivity contribution is 6.32. The summed E-state index contributed by atoms with van der Waals surface area (Å²) in [6, 6.07) is 11.9. The molecule has 0 aliphatic carbocycles. The quantitative estimate of drug-likeness (QED) is 0.456. The standard InChI is InChI=1S/C22H18ClN3O4/c1-14-5-6-20-24-15(9-21(27)26(20)12-14)13-30-22(28)16-10-17(23)18(11-19(16)29-2)25-7-3-4-8-25/h3-12H,13H2,1-2H3. The maximum Gasteiger partial charge on any atom is 0.342 e. The molecule has 0 amide bonds. The average molecular weight is 424 g/mol. The monoisotopic (exact) mass is 423 g/mol. The molecule has 30 heavy (non-hydrogen) atoms. The molecule has 4 rings (SSSR count). The summed E-state index contributed by atoms with van der Waals surface area (Å²) >= 11 is 6.37. The van der Waals surface area contributed by atoms with Gasteiger partial charge in [-0.25, -0.2) is 9.78 Å². The van der Waals surface area contributed by atoms with Crippen LogP contribution in [0.1, 0.15) is 21.6 Å². The molecule has 152 valence electrons. The second-order valence-corrected chi connectivity index (χ2v) is 7.10. The minimum atomic E-state index is -0.626. The number of pyridine rings is 1. The third-order valence-corrected chi connectivity index (χ3v) is 4.89. The van der Waals surface area contributed by atoms with Crippen molar-refractivity contribution in [2.24, 2.45) is 0 Å². The van der Waals surface area contributed by atoms with Crippen LogP contribution in [-0.4, -0.2) is 27.0 Å². The summed E-state index contributed by atoms with van der Waals surface area (Å²) in [5, 5.41) is 0.372. The van der Waals surface area contributed by atoms with Crippen LogP contribution in [0.25, 0.3) is 11.3 Å². The fraction of sp³-hybridized carbons (Fsp3) is 0.136. The molecule has 0 atom stereocenters. The summed E-state index contributed by atoms with van der Waals surface area (Å²) in [4.78, 5) is 29.3. The van der Waals surface area contributed by atoms with Gasteiger partial charge in [-0.3, -0.25) is 9.20 Å². The predicted molar refractivity (Wildman–Crippen MR) is 113 cm³/mol. The number of rotatable bonds is 5. The Morgan fingerprint density at radius 3 is 2.67 bits per heavy atom. The maximum atomic E-state index is 12.7. The summed E-state index contributed by atoms with van der Waals surface area (Å²) in [7, 11) is 1.47. The molecular formula is C22H18ClN3O4. The fourth-order valence-corrected chi connectivity index (χ4v) is 3.37. The zero-order valence-corrected chi connectivity index (χ0v) is 17.1. The van der Waals surface area contributed by atoms with Crippen molar-refractivity contribution in [2.45, 2.75) is 13.5 Å². The highest BCUT2D eigenvalue weighted by Crippen LogP contribution is 2.30. The van der Waals surface area contributed by atoms with Crippen molar-refractivity contribution in [3.8, 4) is 11.4 Å². The van der Waals surface area contributed by atoms with E-state index in [1.807, 2.05) is 42.1 Å². The second-order valence-electron chi connectivity index (χ2n) is 6.69. The summed E-state index contributed by atoms with van der Waals surface area (Å²) in [5.74, 6) is -0.297. The molecular weight excluding hydrogens is 406 g/mol. The Morgan fingerprint density at radius 1 is 1.17 bits per heavy atom. The summed E-state index contributed by atoms with van der Waals surface area (Å²) in [6.07, 6.45) is 5.38. The minimum Gasteiger partial charge on any atom is -0.496 e. The molecule has 8 heteroatoms. The molecule has 0 saturated carbocycles. The molecule has 3 aromatic heterocycles. The van der Waals surface area contributed by atoms with Gasteiger partial charge in [0.1, 0.15) is 23.6 Å². The van der Waals surface area contributed by atoms with Crippen molar-refractivity contribution in [3.05, 3.63) is 93.3 Å². The summed E-state index contributed by atoms with van der Waals surface area (Å²) in [5.41, 5.74) is 2.40. The van der Waals surface area contributed by atoms with E-state index in [2.05, 4.69) is 4.98 Å². The average Bonchev–Trinajstić information content (AvgIpc) is 3.27. The molecule has 7 nitrogen and oxygen atoms in total. The largest absolute Gasteiger partial charge is 0.496 e. The van der Waals surface area contributed by atoms with Crippen LogP contribution in [0.3, 0.4) is 0 Å². The lowest BCUT2D eigenvalue weighted by Gasteiger charge is -2.13. The Morgan fingerprint density at radius 2 is 1.93 bits per heavy atom. The number of esters is 1. The molecule has 3 heterocycles. The van der Waals surface area contributed by atoms with Crippen molar-refractivity contribution in [1.29, 1.82) is 0 Å². The van der Waals surface area contributed by atoms with Crippen LogP contribution in [0, 0.1) is 6.92 Å². The van der Waals surface area contributed by atoms with Crippen molar-refractivity contribution >= 4 is 23.2 Å². The molecule has 0 aliphatic rings. The number of carbonyl (C=O) groups excluding carboxylic acids is 1. The molecule has 0 fully saturated rings. The lowest BCUT2D eigenvalue weighted by molar-refractivity contribution is 0.0464. The normalized spacial score (nSPS) is 10.9. The minimum absolute atomic E-state index is 0.154. The van der Waals surface area contributed by atoms with Gasteiger partial charge in [0.2, 0.25) is 0 Å². The van der Waals surface area contributed by atoms with E-state index < -0.39 is 5.97 Å². The molecule has 0 radical (unpaired) electrons. The van der Waals surface area contributed by atoms with Crippen LogP contribution in [0.4, 0.5) is 0 Å². The van der Waals surface area contributed by atoms with Crippen LogP contribution < -0.4 is 10.3 Å². The smallest absolute Gasteiger partial charge is 0.342 e. The number of halogens is 1. The third-order valence-electron chi connectivity index (χ3n) is 4.58. The van der Waals surface area contributed by atoms with E-state index in [-0.39, 0.29) is 17.7 Å². The van der Waals surface area contributed by atoms with Gasteiger partial charge in [0.05, 0.1) is 23.5 Å². The van der Waals surface area contributed by atoms with Crippen molar-refractivity contribution in [2.75, 3.05) is 7.11 Å². The van der Waals surface area contributed by atoms with E-state index in [9.17, 15) is 9.59 Å². The van der Waals surface area contributed by atoms with E-state index >= 15 is 0 Å². The van der Waals surface area contributed by atoms with Crippen molar-refractivity contribution in [1.82, 2.24) is 14.0 Å². The zero-order chi connectivity index (χ0) is 21.3. The lowest BCUT2D eigenvalue weighted by atomic mass is 10.1. The van der Waals surface area contributed by atoms with Crippen LogP contribution in [-0.2, 0) is 11.3 Å². The lowest BCUT2D eigenvalue weighted by Crippen LogP contribution is -2.17. The number of hydrogen-bond acceptors (Lipinski definition) is 5. The Kier molecular flexibility index (Phi) is 5.29. The van der Waals surface area contributed by atoms with Gasteiger partial charge in [0, 0.05) is 30.7 Å². The number of nitrogens with zero attached hydrogens (tertiary/aromatic N) is 3. The zero-order valence-electron chi connectivity index (χ0n) is 16.3. The second kappa shape index (κ2) is 8.04. The van der Waals surface area contributed by atoms with Gasteiger partial charge < -0.3 is 14.0 Å². The number of aryl methyl sites for hydroxylation is 1. The summed E-state index contributed by atoms with van der Waals surface area (Å²) < 4.78 is 14.0. The molecule has 0 N–H and O–H groups in total. The molecule has 0 bridgehead atoms. The highest BCUT2D eigenvalue weighted by atomic mass is 35.5. The molecule has 0 aliphatic heterocycles. The number of aromatic nitrogens is 3. The predicted octanol–water partition coefficient (Wildman–Crippen LogP) is 3.81. The highest BCUT2D eigenvalue weighted by Gasteiger charge is 2.18. The van der Waals surface area contributed by atoms with Gasteiger partial charge in [-0.1, -0.05) is 17.7 Å². The number of carbonyl (C=O) groups is 1. The first-order valence-electron chi connectivity index (χ1n) is 9.13. The van der Waals surface area contributed by atoms with Gasteiger partial charge in [-0.05, 0) is 36.8 Å². The first kappa shape index (κ1) is 19.7. The topological polar surface area (TPSA) is 74.8 Å². The van der Waals surface area contributed by atoms with Crippen molar-refractivity contribution < 1.29 is 14.3 Å². The van der Waals surface area contributed by atoms with E-state index in [1.165, 1.54) is 23.6 Å². The van der Waals surface area contributed by atoms with Gasteiger partial charge >= 0.3 is 5.97 Å². The van der Waals surface area contributed by atoms with Gasteiger partial charge in [-0.15, -0.1) is 0 Å². The van der Waals surface area contributed by atoms with Crippen LogP contribution in [0.2, 0.25) is 5.02 Å². The fourth-order valence-electron chi connectivity index (χ4n) is 3.11. The van der Waals surface area contributed by atoms with Crippen LogP contribution in [0.5, 0.6) is 5.75 Å². The van der Waals surface area contributed by atoms with Crippen LogP contribution in [0.15, 0.2) is 65.8 Å². The van der Waals surface area contributed by atoms with Gasteiger partial charge in [-0.2, -0.15) is 0 Å². The third kappa shape index (κ3) is 3.79. The van der Waals surface area contributed by atoms with Gasteiger partial charge in [0.15, 0.2) is 0 Å². The number of methoxy groups -OCH3 is 1. The van der Waals surface area contributed by atoms with E-state index in [1.54, 1.807) is 18.3 Å². The van der Waals surface area contributed by atoms with Gasteiger partial charge in [0.25, 0.3) is 5.56 Å². The summed E-state index contributed by atoms with van der Waals surface area (Å²) in [6.45, 7) is 1.74. The van der Waals surface area contributed by atoms with E-state index in [0.717, 1.165) is 5.56 Å². The molecule has 0 spiro atoms. The molecule has 0 saturated heterocycles. The SMILES string of the molecule is COc1cc(-n2cccc2)c(Cl)cc1C(=O)OCc1cc(=O)n2cc(C)ccc2n1. The number of benzene rings is 1. The first-order valence-corrected chi connectivity index (χ1v) is 9.51.